The van der Waals surface area contributed by atoms with Gasteiger partial charge in [-0.25, -0.2) is 0 Å². The van der Waals surface area contributed by atoms with Gasteiger partial charge in [-0.1, -0.05) is 6.92 Å². The predicted octanol–water partition coefficient (Wildman–Crippen LogP) is 1.15. The van der Waals surface area contributed by atoms with Crippen molar-refractivity contribution in [3.05, 3.63) is 0 Å². The van der Waals surface area contributed by atoms with Crippen LogP contribution in [-0.4, -0.2) is 47.6 Å². The van der Waals surface area contributed by atoms with Crippen LogP contribution in [0, 0.1) is 0 Å². The summed E-state index contributed by atoms with van der Waals surface area (Å²) in [7, 11) is 0. The normalized spacial score (nSPS) is 10.6. The molecule has 72 valence electrons. The number of rotatable bonds is 7. The fourth-order valence-corrected chi connectivity index (χ4v) is 1.34. The lowest BCUT2D eigenvalue weighted by molar-refractivity contribution is -0.137. The van der Waals surface area contributed by atoms with Crippen molar-refractivity contribution in [2.75, 3.05) is 31.6 Å². The Kier molecular flexibility index (Phi) is 7.29. The number of aliphatic carboxylic acids is 1. The molecule has 0 amide bonds. The second kappa shape index (κ2) is 7.43. The van der Waals surface area contributed by atoms with Crippen LogP contribution in [0.25, 0.3) is 0 Å². The van der Waals surface area contributed by atoms with Gasteiger partial charge in [-0.2, -0.15) is 11.8 Å². The highest BCUT2D eigenvalue weighted by molar-refractivity contribution is 7.98. The average molecular weight is 191 g/mol. The largest absolute Gasteiger partial charge is 0.481 e. The van der Waals surface area contributed by atoms with Gasteiger partial charge in [0.2, 0.25) is 0 Å². The van der Waals surface area contributed by atoms with Gasteiger partial charge in [0.1, 0.15) is 0 Å². The highest BCUT2D eigenvalue weighted by atomic mass is 32.2. The van der Waals surface area contributed by atoms with Crippen molar-refractivity contribution in [1.29, 1.82) is 0 Å². The number of carbonyl (C=O) groups is 1. The van der Waals surface area contributed by atoms with Crippen molar-refractivity contribution < 1.29 is 9.90 Å². The van der Waals surface area contributed by atoms with E-state index >= 15 is 0 Å². The molecule has 0 bridgehead atoms. The topological polar surface area (TPSA) is 40.5 Å². The van der Waals surface area contributed by atoms with E-state index in [0.717, 1.165) is 18.8 Å². The molecule has 0 aromatic carbocycles. The Balaban J connectivity index is 3.45. The number of nitrogens with zero attached hydrogens (tertiary/aromatic N) is 1. The first-order chi connectivity index (χ1) is 5.70. The number of hydrogen-bond acceptors (Lipinski definition) is 3. The molecule has 0 saturated heterocycles. The maximum Gasteiger partial charge on any atom is 0.304 e. The molecule has 0 aromatic rings. The molecule has 3 nitrogen and oxygen atoms in total. The average Bonchev–Trinajstić information content (AvgIpc) is 2.05. The first-order valence-corrected chi connectivity index (χ1v) is 5.53. The van der Waals surface area contributed by atoms with Gasteiger partial charge in [0.05, 0.1) is 6.42 Å². The third-order valence-electron chi connectivity index (χ3n) is 1.70. The molecule has 0 unspecified atom stereocenters. The Morgan fingerprint density at radius 3 is 2.58 bits per heavy atom. The molecule has 0 atom stereocenters. The van der Waals surface area contributed by atoms with E-state index in [4.69, 9.17) is 5.11 Å². The van der Waals surface area contributed by atoms with Crippen LogP contribution in [0.4, 0.5) is 0 Å². The van der Waals surface area contributed by atoms with Gasteiger partial charge in [0, 0.05) is 18.8 Å². The van der Waals surface area contributed by atoms with Crippen LogP contribution >= 0.6 is 11.8 Å². The third-order valence-corrected chi connectivity index (χ3v) is 2.29. The summed E-state index contributed by atoms with van der Waals surface area (Å²) in [5, 5.41) is 8.45. The summed E-state index contributed by atoms with van der Waals surface area (Å²) in [6, 6.07) is 0. The first kappa shape index (κ1) is 11.8. The number of carboxylic acids is 1. The molecule has 0 aliphatic carbocycles. The molecule has 0 rings (SSSR count). The molecule has 0 heterocycles. The summed E-state index contributed by atoms with van der Waals surface area (Å²) in [6.45, 7) is 4.66. The zero-order chi connectivity index (χ0) is 9.40. The molecule has 0 saturated carbocycles. The van der Waals surface area contributed by atoms with Gasteiger partial charge in [-0.15, -0.1) is 0 Å². The summed E-state index contributed by atoms with van der Waals surface area (Å²) in [6.07, 6.45) is 2.31. The van der Waals surface area contributed by atoms with Crippen LogP contribution in [0.3, 0.4) is 0 Å². The van der Waals surface area contributed by atoms with Gasteiger partial charge in [0.15, 0.2) is 0 Å². The Morgan fingerprint density at radius 2 is 2.17 bits per heavy atom. The van der Waals surface area contributed by atoms with Gasteiger partial charge >= 0.3 is 5.97 Å². The minimum atomic E-state index is -0.711. The zero-order valence-corrected chi connectivity index (χ0v) is 8.56. The fraction of sp³-hybridized carbons (Fsp3) is 0.875. The van der Waals surface area contributed by atoms with Crippen molar-refractivity contribution in [1.82, 2.24) is 4.90 Å². The smallest absolute Gasteiger partial charge is 0.304 e. The number of hydrogen-bond donors (Lipinski definition) is 1. The van der Waals surface area contributed by atoms with E-state index in [0.29, 0.717) is 6.54 Å². The van der Waals surface area contributed by atoms with Crippen molar-refractivity contribution in [2.24, 2.45) is 0 Å². The van der Waals surface area contributed by atoms with Crippen LogP contribution < -0.4 is 0 Å². The fourth-order valence-electron chi connectivity index (χ4n) is 0.902. The molecule has 1 N–H and O–H groups in total. The standard InChI is InChI=1S/C8H17NO2S/c1-3-9(6-7-12-2)5-4-8(10)11/h3-7H2,1-2H3,(H,10,11). The zero-order valence-electron chi connectivity index (χ0n) is 7.75. The molecule has 0 spiro atoms. The van der Waals surface area contributed by atoms with E-state index in [1.54, 1.807) is 11.8 Å². The molecule has 0 aliphatic heterocycles. The highest BCUT2D eigenvalue weighted by Crippen LogP contribution is 1.96. The second-order valence-electron chi connectivity index (χ2n) is 2.57. The van der Waals surface area contributed by atoms with Gasteiger partial charge in [0.25, 0.3) is 0 Å². The maximum absolute atomic E-state index is 10.3. The molecule has 0 aliphatic rings. The lowest BCUT2D eigenvalue weighted by atomic mass is 10.4. The molecule has 0 fully saturated rings. The second-order valence-corrected chi connectivity index (χ2v) is 3.56. The van der Waals surface area contributed by atoms with Gasteiger partial charge < -0.3 is 10.0 Å². The minimum Gasteiger partial charge on any atom is -0.481 e. The molecule has 4 heteroatoms. The molecule has 0 aromatic heterocycles. The van der Waals surface area contributed by atoms with Gasteiger partial charge in [-0.3, -0.25) is 4.79 Å². The third kappa shape index (κ3) is 6.49. The quantitative estimate of drug-likeness (QED) is 0.655. The summed E-state index contributed by atoms with van der Waals surface area (Å²) in [5.74, 6) is 0.366. The minimum absolute atomic E-state index is 0.252. The van der Waals surface area contributed by atoms with Crippen LogP contribution in [0.15, 0.2) is 0 Å². The Hall–Kier alpha value is -0.220. The lowest BCUT2D eigenvalue weighted by Crippen LogP contribution is -2.28. The van der Waals surface area contributed by atoms with Crippen LogP contribution in [0.5, 0.6) is 0 Å². The Labute approximate surface area is 78.1 Å². The van der Waals surface area contributed by atoms with E-state index < -0.39 is 5.97 Å². The van der Waals surface area contributed by atoms with Crippen molar-refractivity contribution in [2.45, 2.75) is 13.3 Å². The number of carboxylic acid groups (broad SMARTS) is 1. The molecule has 12 heavy (non-hydrogen) atoms. The summed E-state index contributed by atoms with van der Waals surface area (Å²) < 4.78 is 0. The van der Waals surface area contributed by atoms with E-state index in [1.807, 2.05) is 0 Å². The predicted molar refractivity (Wildman–Crippen MR) is 52.7 cm³/mol. The van der Waals surface area contributed by atoms with Crippen molar-refractivity contribution in [3.8, 4) is 0 Å². The molecular formula is C8H17NO2S. The van der Waals surface area contributed by atoms with Crippen LogP contribution in [0.2, 0.25) is 0 Å². The maximum atomic E-state index is 10.3. The lowest BCUT2D eigenvalue weighted by Gasteiger charge is -2.18. The first-order valence-electron chi connectivity index (χ1n) is 4.13. The SMILES string of the molecule is CCN(CCSC)CCC(=O)O. The van der Waals surface area contributed by atoms with Gasteiger partial charge in [-0.05, 0) is 12.8 Å². The highest BCUT2D eigenvalue weighted by Gasteiger charge is 2.03. The monoisotopic (exact) mass is 191 g/mol. The van der Waals surface area contributed by atoms with E-state index in [2.05, 4.69) is 18.1 Å². The van der Waals surface area contributed by atoms with E-state index in [9.17, 15) is 4.79 Å². The van der Waals surface area contributed by atoms with E-state index in [1.165, 1.54) is 0 Å². The van der Waals surface area contributed by atoms with Crippen molar-refractivity contribution >= 4 is 17.7 Å². The Morgan fingerprint density at radius 1 is 1.50 bits per heavy atom. The Bertz CT molecular complexity index is 130. The van der Waals surface area contributed by atoms with Crippen LogP contribution in [-0.2, 0) is 4.79 Å². The van der Waals surface area contributed by atoms with Crippen LogP contribution in [0.1, 0.15) is 13.3 Å². The molecule has 0 radical (unpaired) electrons. The van der Waals surface area contributed by atoms with Crippen molar-refractivity contribution in [3.63, 3.8) is 0 Å². The number of thioether (sulfide) groups is 1. The summed E-state index contributed by atoms with van der Waals surface area (Å²) in [4.78, 5) is 12.4. The molecular weight excluding hydrogens is 174 g/mol. The summed E-state index contributed by atoms with van der Waals surface area (Å²) in [5.41, 5.74) is 0. The van der Waals surface area contributed by atoms with E-state index in [-0.39, 0.29) is 6.42 Å². The summed E-state index contributed by atoms with van der Waals surface area (Å²) >= 11 is 1.79.